The van der Waals surface area contributed by atoms with E-state index in [9.17, 15) is 28.9 Å². The average molecular weight is 625 g/mol. The van der Waals surface area contributed by atoms with Crippen LogP contribution in [0.2, 0.25) is 0 Å². The van der Waals surface area contributed by atoms with Crippen LogP contribution in [0.3, 0.4) is 0 Å². The fourth-order valence-corrected chi connectivity index (χ4v) is 5.20. The van der Waals surface area contributed by atoms with E-state index in [4.69, 9.17) is 6.42 Å². The van der Waals surface area contributed by atoms with Crippen LogP contribution in [0.25, 0.3) is 0 Å². The normalized spacial score (nSPS) is 10.6. The first kappa shape index (κ1) is 32.6. The van der Waals surface area contributed by atoms with Gasteiger partial charge in [0.2, 0.25) is 0 Å². The lowest BCUT2D eigenvalue weighted by molar-refractivity contribution is -0.387. The summed E-state index contributed by atoms with van der Waals surface area (Å²) in [6.07, 6.45) is 5.50. The number of hydrogen-bond donors (Lipinski definition) is 2. The molecule has 0 saturated heterocycles. The van der Waals surface area contributed by atoms with Crippen LogP contribution in [0.1, 0.15) is 36.6 Å². The first-order chi connectivity index (χ1) is 21.7. The van der Waals surface area contributed by atoms with Gasteiger partial charge in [0.15, 0.2) is 5.78 Å². The highest BCUT2D eigenvalue weighted by molar-refractivity contribution is 7.99. The Hall–Kier alpha value is -5.31. The SMILES string of the molecule is C#CCN(CCNC(=O)c1ccc(C(=O)c2ccccc2)cc1)CCNC(=O)c1ccc(Sc2ccc(F)cc2)c([N+](=O)[O-])c1. The second-order valence-corrected chi connectivity index (χ2v) is 10.9. The van der Waals surface area contributed by atoms with Gasteiger partial charge in [0.25, 0.3) is 17.5 Å². The van der Waals surface area contributed by atoms with Gasteiger partial charge in [0.05, 0.1) is 16.4 Å². The predicted octanol–water partition coefficient (Wildman–Crippen LogP) is 5.21. The van der Waals surface area contributed by atoms with Crippen LogP contribution in [0.4, 0.5) is 10.1 Å². The minimum atomic E-state index is -0.565. The summed E-state index contributed by atoms with van der Waals surface area (Å²) >= 11 is 1.10. The zero-order chi connectivity index (χ0) is 32.2. The molecule has 0 spiro atoms. The second-order valence-electron chi connectivity index (χ2n) is 9.76. The molecule has 0 unspecified atom stereocenters. The van der Waals surface area contributed by atoms with E-state index in [1.54, 1.807) is 48.5 Å². The zero-order valence-corrected chi connectivity index (χ0v) is 24.9. The van der Waals surface area contributed by atoms with Gasteiger partial charge in [-0.25, -0.2) is 4.39 Å². The zero-order valence-electron chi connectivity index (χ0n) is 24.1. The topological polar surface area (TPSA) is 122 Å². The Morgan fingerprint density at radius 3 is 1.96 bits per heavy atom. The number of amides is 2. The van der Waals surface area contributed by atoms with Crippen molar-refractivity contribution in [2.24, 2.45) is 0 Å². The summed E-state index contributed by atoms with van der Waals surface area (Å²) in [4.78, 5) is 51.9. The molecule has 0 aliphatic rings. The smallest absolute Gasteiger partial charge is 0.284 e. The molecule has 4 aromatic rings. The number of benzene rings is 4. The summed E-state index contributed by atoms with van der Waals surface area (Å²) in [6.45, 7) is 1.58. The van der Waals surface area contributed by atoms with E-state index in [2.05, 4.69) is 16.6 Å². The molecule has 0 aliphatic heterocycles. The molecule has 11 heteroatoms. The number of nitro benzene ring substituents is 1. The Balaban J connectivity index is 1.25. The van der Waals surface area contributed by atoms with Gasteiger partial charge in [-0.15, -0.1) is 6.42 Å². The van der Waals surface area contributed by atoms with Crippen molar-refractivity contribution in [2.45, 2.75) is 9.79 Å². The molecule has 0 aromatic heterocycles. The van der Waals surface area contributed by atoms with Crippen molar-refractivity contribution in [1.82, 2.24) is 15.5 Å². The van der Waals surface area contributed by atoms with Crippen molar-refractivity contribution in [2.75, 3.05) is 32.7 Å². The highest BCUT2D eigenvalue weighted by Gasteiger charge is 2.19. The number of nitrogens with zero attached hydrogens (tertiary/aromatic N) is 2. The number of carbonyl (C=O) groups is 3. The highest BCUT2D eigenvalue weighted by atomic mass is 32.2. The molecule has 0 fully saturated rings. The molecule has 0 aliphatic carbocycles. The van der Waals surface area contributed by atoms with Gasteiger partial charge in [0, 0.05) is 59.4 Å². The van der Waals surface area contributed by atoms with E-state index in [-0.39, 0.29) is 36.0 Å². The van der Waals surface area contributed by atoms with Gasteiger partial charge in [-0.2, -0.15) is 0 Å². The Morgan fingerprint density at radius 1 is 0.800 bits per heavy atom. The van der Waals surface area contributed by atoms with Crippen molar-refractivity contribution in [3.63, 3.8) is 0 Å². The molecule has 4 rings (SSSR count). The summed E-state index contributed by atoms with van der Waals surface area (Å²) in [7, 11) is 0. The molecule has 0 atom stereocenters. The minimum Gasteiger partial charge on any atom is -0.351 e. The standard InChI is InChI=1S/C34H29FN4O5S/c1-2-20-38(21-18-36-33(41)26-10-8-25(9-11-26)32(40)24-6-4-3-5-7-24)22-19-37-34(42)27-12-17-31(30(23-27)39(43)44)45-29-15-13-28(35)14-16-29/h1,3-17,23H,18-22H2,(H,36,41)(H,37,42). The molecule has 4 aromatic carbocycles. The molecule has 0 heterocycles. The summed E-state index contributed by atoms with van der Waals surface area (Å²) in [5.41, 5.74) is 1.34. The Labute approximate surface area is 264 Å². The molecular weight excluding hydrogens is 595 g/mol. The average Bonchev–Trinajstić information content (AvgIpc) is 3.06. The third kappa shape index (κ3) is 9.34. The number of nitrogens with one attached hydrogen (secondary N) is 2. The van der Waals surface area contributed by atoms with Crippen LogP contribution in [-0.4, -0.2) is 60.1 Å². The highest BCUT2D eigenvalue weighted by Crippen LogP contribution is 2.35. The van der Waals surface area contributed by atoms with Crippen LogP contribution in [-0.2, 0) is 0 Å². The molecule has 9 nitrogen and oxygen atoms in total. The summed E-state index contributed by atoms with van der Waals surface area (Å²) in [5.74, 6) is 1.23. The van der Waals surface area contributed by atoms with E-state index in [0.29, 0.717) is 46.1 Å². The van der Waals surface area contributed by atoms with Crippen LogP contribution in [0.15, 0.2) is 107 Å². The molecule has 0 radical (unpaired) electrons. The Morgan fingerprint density at radius 2 is 1.36 bits per heavy atom. The third-order valence-corrected chi connectivity index (χ3v) is 7.72. The van der Waals surface area contributed by atoms with Gasteiger partial charge >= 0.3 is 0 Å². The molecule has 2 amide bonds. The van der Waals surface area contributed by atoms with Gasteiger partial charge in [-0.05, 0) is 48.5 Å². The van der Waals surface area contributed by atoms with Crippen LogP contribution < -0.4 is 10.6 Å². The van der Waals surface area contributed by atoms with Gasteiger partial charge in [-0.1, -0.05) is 60.1 Å². The van der Waals surface area contributed by atoms with E-state index in [0.717, 1.165) is 11.8 Å². The van der Waals surface area contributed by atoms with Crippen LogP contribution in [0, 0.1) is 28.3 Å². The van der Waals surface area contributed by atoms with Crippen molar-refractivity contribution in [3.8, 4) is 12.3 Å². The Kier molecular flexibility index (Phi) is 11.6. The minimum absolute atomic E-state index is 0.123. The van der Waals surface area contributed by atoms with Crippen molar-refractivity contribution < 1.29 is 23.7 Å². The first-order valence-corrected chi connectivity index (χ1v) is 14.7. The number of carbonyl (C=O) groups excluding carboxylic acids is 3. The third-order valence-electron chi connectivity index (χ3n) is 6.65. The van der Waals surface area contributed by atoms with Crippen molar-refractivity contribution in [1.29, 1.82) is 0 Å². The molecule has 228 valence electrons. The number of nitro groups is 1. The second kappa shape index (κ2) is 16.0. The molecular formula is C34H29FN4O5S. The number of ketones is 1. The van der Waals surface area contributed by atoms with Gasteiger partial charge in [-0.3, -0.25) is 29.4 Å². The van der Waals surface area contributed by atoms with E-state index in [1.807, 2.05) is 11.0 Å². The molecule has 45 heavy (non-hydrogen) atoms. The molecule has 0 bridgehead atoms. The van der Waals surface area contributed by atoms with E-state index in [1.165, 1.54) is 42.5 Å². The van der Waals surface area contributed by atoms with Gasteiger partial charge < -0.3 is 10.6 Å². The molecule has 0 saturated carbocycles. The lowest BCUT2D eigenvalue weighted by Gasteiger charge is -2.20. The van der Waals surface area contributed by atoms with Crippen molar-refractivity contribution in [3.05, 3.63) is 135 Å². The number of hydrogen-bond acceptors (Lipinski definition) is 7. The lowest BCUT2D eigenvalue weighted by atomic mass is 10.0. The fraction of sp³-hybridized carbons (Fsp3) is 0.147. The summed E-state index contributed by atoms with van der Waals surface area (Å²) < 4.78 is 13.2. The van der Waals surface area contributed by atoms with Crippen LogP contribution >= 0.6 is 11.8 Å². The molecule has 2 N–H and O–H groups in total. The van der Waals surface area contributed by atoms with E-state index >= 15 is 0 Å². The first-order valence-electron chi connectivity index (χ1n) is 13.9. The van der Waals surface area contributed by atoms with Gasteiger partial charge in [0.1, 0.15) is 5.82 Å². The summed E-state index contributed by atoms with van der Waals surface area (Å²) in [5, 5.41) is 17.3. The number of rotatable bonds is 14. The van der Waals surface area contributed by atoms with Crippen molar-refractivity contribution >= 4 is 35.0 Å². The van der Waals surface area contributed by atoms with E-state index < -0.39 is 16.6 Å². The van der Waals surface area contributed by atoms with Crippen LogP contribution in [0.5, 0.6) is 0 Å². The maximum atomic E-state index is 13.2. The quantitative estimate of drug-likeness (QED) is 0.0855. The maximum absolute atomic E-state index is 13.2. The predicted molar refractivity (Wildman–Crippen MR) is 170 cm³/mol. The Bertz CT molecular complexity index is 1710. The monoisotopic (exact) mass is 624 g/mol. The number of terminal acetylenes is 1. The maximum Gasteiger partial charge on any atom is 0.284 e. The fourth-order valence-electron chi connectivity index (χ4n) is 4.30. The lowest BCUT2D eigenvalue weighted by Crippen LogP contribution is -2.39. The summed E-state index contributed by atoms with van der Waals surface area (Å²) in [6, 6.07) is 25.1. The largest absolute Gasteiger partial charge is 0.351 e. The number of halogens is 1.